The first kappa shape index (κ1) is 19.0. The second-order valence-corrected chi connectivity index (χ2v) is 6.32. The smallest absolute Gasteiger partial charge is 0.340 e. The van der Waals surface area contributed by atoms with E-state index in [1.54, 1.807) is 19.1 Å². The lowest BCUT2D eigenvalue weighted by Gasteiger charge is -2.09. The molecule has 0 radical (unpaired) electrons. The van der Waals surface area contributed by atoms with E-state index in [0.29, 0.717) is 16.7 Å². The molecule has 0 saturated carbocycles. The van der Waals surface area contributed by atoms with Gasteiger partial charge in [0.2, 0.25) is 0 Å². The van der Waals surface area contributed by atoms with Crippen molar-refractivity contribution < 1.29 is 19.1 Å². The van der Waals surface area contributed by atoms with Gasteiger partial charge in [-0.1, -0.05) is 18.2 Å². The second-order valence-electron chi connectivity index (χ2n) is 5.94. The highest BCUT2D eigenvalue weighted by Crippen LogP contribution is 2.32. The zero-order valence-corrected chi connectivity index (χ0v) is 16.0. The molecule has 0 aliphatic heterocycles. The van der Waals surface area contributed by atoms with Gasteiger partial charge in [0.1, 0.15) is 5.75 Å². The fourth-order valence-corrected chi connectivity index (χ4v) is 3.25. The third kappa shape index (κ3) is 3.83. The van der Waals surface area contributed by atoms with Gasteiger partial charge in [-0.2, -0.15) is 0 Å². The fraction of sp³-hybridized carbons (Fsp3) is 0.238. The number of esters is 2. The van der Waals surface area contributed by atoms with Crippen molar-refractivity contribution in [3.8, 4) is 11.4 Å². The zero-order chi connectivity index (χ0) is 19.4. The van der Waals surface area contributed by atoms with Crippen LogP contribution in [-0.2, 0) is 9.53 Å². The highest BCUT2D eigenvalue weighted by atomic mass is 35.5. The molecule has 0 amide bonds. The van der Waals surface area contributed by atoms with Gasteiger partial charge in [-0.25, -0.2) is 4.79 Å². The van der Waals surface area contributed by atoms with Gasteiger partial charge >= 0.3 is 11.9 Å². The molecule has 27 heavy (non-hydrogen) atoms. The maximum Gasteiger partial charge on any atom is 0.340 e. The number of benzene rings is 2. The number of rotatable bonds is 6. The van der Waals surface area contributed by atoms with Crippen LogP contribution in [0.2, 0.25) is 0 Å². The molecule has 6 heteroatoms. The minimum atomic E-state index is -0.416. The van der Waals surface area contributed by atoms with Gasteiger partial charge in [0.05, 0.1) is 24.1 Å². The normalized spacial score (nSPS) is 10.8. The molecule has 0 spiro atoms. The maximum absolute atomic E-state index is 12.6. The molecular formula is C21H20ClNO4. The van der Waals surface area contributed by atoms with Crippen LogP contribution in [0.1, 0.15) is 29.4 Å². The molecule has 0 saturated heterocycles. The van der Waals surface area contributed by atoms with Crippen LogP contribution in [0, 0.1) is 6.92 Å². The van der Waals surface area contributed by atoms with Gasteiger partial charge in [-0.05, 0) is 44.2 Å². The molecule has 140 valence electrons. The van der Waals surface area contributed by atoms with Gasteiger partial charge in [0.25, 0.3) is 0 Å². The highest BCUT2D eigenvalue weighted by Gasteiger charge is 2.22. The Morgan fingerprint density at radius 3 is 2.52 bits per heavy atom. The van der Waals surface area contributed by atoms with Crippen LogP contribution in [-0.4, -0.2) is 29.0 Å². The summed E-state index contributed by atoms with van der Waals surface area (Å²) in [4.78, 5) is 24.4. The van der Waals surface area contributed by atoms with Crippen molar-refractivity contribution in [1.82, 2.24) is 4.57 Å². The highest BCUT2D eigenvalue weighted by molar-refractivity contribution is 6.18. The van der Waals surface area contributed by atoms with Gasteiger partial charge in [0.15, 0.2) is 0 Å². The summed E-state index contributed by atoms with van der Waals surface area (Å²) in [5.74, 6) is -0.257. The number of aromatic nitrogens is 1. The van der Waals surface area contributed by atoms with Crippen molar-refractivity contribution >= 4 is 34.4 Å². The number of alkyl halides is 1. The second kappa shape index (κ2) is 8.27. The number of hydrogen-bond donors (Lipinski definition) is 0. The van der Waals surface area contributed by atoms with E-state index >= 15 is 0 Å². The zero-order valence-electron chi connectivity index (χ0n) is 15.2. The molecule has 3 aromatic rings. The standard InChI is InChI=1S/C21H20ClNO4/c1-3-26-21(25)20-14(2)23(15-7-5-4-6-8-15)18-10-9-16(13-17(18)20)27-19(24)11-12-22/h4-10,13H,3,11-12H2,1-2H3. The van der Waals surface area contributed by atoms with Crippen LogP contribution in [0.25, 0.3) is 16.6 Å². The van der Waals surface area contributed by atoms with Gasteiger partial charge in [0, 0.05) is 22.6 Å². The fourth-order valence-electron chi connectivity index (χ4n) is 3.09. The van der Waals surface area contributed by atoms with Crippen LogP contribution in [0.3, 0.4) is 0 Å². The average Bonchev–Trinajstić information content (AvgIpc) is 2.94. The minimum absolute atomic E-state index is 0.119. The molecule has 1 aromatic heterocycles. The number of hydrogen-bond acceptors (Lipinski definition) is 4. The van der Waals surface area contributed by atoms with E-state index in [4.69, 9.17) is 21.1 Å². The van der Waals surface area contributed by atoms with Crippen LogP contribution < -0.4 is 4.74 Å². The summed E-state index contributed by atoms with van der Waals surface area (Å²) in [6.07, 6.45) is 0.119. The largest absolute Gasteiger partial charge is 0.462 e. The van der Waals surface area contributed by atoms with Gasteiger partial charge in [-0.15, -0.1) is 11.6 Å². The van der Waals surface area contributed by atoms with E-state index in [-0.39, 0.29) is 18.9 Å². The first-order valence-corrected chi connectivity index (χ1v) is 9.24. The van der Waals surface area contributed by atoms with Crippen molar-refractivity contribution in [2.24, 2.45) is 0 Å². The summed E-state index contributed by atoms with van der Waals surface area (Å²) >= 11 is 5.59. The topological polar surface area (TPSA) is 57.5 Å². The van der Waals surface area contributed by atoms with Crippen molar-refractivity contribution in [2.45, 2.75) is 20.3 Å². The third-order valence-electron chi connectivity index (χ3n) is 4.20. The summed E-state index contributed by atoms with van der Waals surface area (Å²) < 4.78 is 12.6. The molecule has 1 heterocycles. The predicted octanol–water partition coefficient (Wildman–Crippen LogP) is 4.65. The Morgan fingerprint density at radius 1 is 1.11 bits per heavy atom. The number of halogens is 1. The Bertz CT molecular complexity index is 979. The molecule has 3 rings (SSSR count). The molecule has 0 bridgehead atoms. The lowest BCUT2D eigenvalue weighted by Crippen LogP contribution is -2.08. The SMILES string of the molecule is CCOC(=O)c1c(C)n(-c2ccccc2)c2ccc(OC(=O)CCCl)cc12. The van der Waals surface area contributed by atoms with Crippen LogP contribution >= 0.6 is 11.6 Å². The number of nitrogens with zero attached hydrogens (tertiary/aromatic N) is 1. The van der Waals surface area contributed by atoms with Crippen molar-refractivity contribution in [2.75, 3.05) is 12.5 Å². The molecule has 0 aliphatic rings. The summed E-state index contributed by atoms with van der Waals surface area (Å²) in [5.41, 5.74) is 2.99. The first-order valence-electron chi connectivity index (χ1n) is 8.71. The Labute approximate surface area is 162 Å². The number of carbonyl (C=O) groups is 2. The maximum atomic E-state index is 12.6. The van der Waals surface area contributed by atoms with Gasteiger partial charge < -0.3 is 14.0 Å². The van der Waals surface area contributed by atoms with E-state index in [0.717, 1.165) is 16.9 Å². The average molecular weight is 386 g/mol. The summed E-state index contributed by atoms with van der Waals surface area (Å²) in [7, 11) is 0. The third-order valence-corrected chi connectivity index (χ3v) is 4.39. The lowest BCUT2D eigenvalue weighted by molar-refractivity contribution is -0.133. The van der Waals surface area contributed by atoms with Crippen LogP contribution in [0.5, 0.6) is 5.75 Å². The van der Waals surface area contributed by atoms with E-state index in [1.807, 2.05) is 47.9 Å². The molecular weight excluding hydrogens is 366 g/mol. The number of fused-ring (bicyclic) bond motifs is 1. The van der Waals surface area contributed by atoms with Crippen molar-refractivity contribution in [1.29, 1.82) is 0 Å². The van der Waals surface area contributed by atoms with Gasteiger partial charge in [-0.3, -0.25) is 4.79 Å². The lowest BCUT2D eigenvalue weighted by atomic mass is 10.1. The number of ether oxygens (including phenoxy) is 2. The van der Waals surface area contributed by atoms with Crippen molar-refractivity contribution in [3.05, 3.63) is 59.8 Å². The summed E-state index contributed by atoms with van der Waals surface area (Å²) in [6.45, 7) is 3.92. The van der Waals surface area contributed by atoms with Crippen molar-refractivity contribution in [3.63, 3.8) is 0 Å². The molecule has 0 N–H and O–H groups in total. The Kier molecular flexibility index (Phi) is 5.81. The quantitative estimate of drug-likeness (QED) is 0.352. The monoisotopic (exact) mass is 385 g/mol. The molecule has 2 aromatic carbocycles. The summed E-state index contributed by atoms with van der Waals surface area (Å²) in [5, 5.41) is 0.672. The Morgan fingerprint density at radius 2 is 1.85 bits per heavy atom. The van der Waals surface area contributed by atoms with E-state index in [2.05, 4.69) is 0 Å². The van der Waals surface area contributed by atoms with Crippen LogP contribution in [0.15, 0.2) is 48.5 Å². The molecule has 0 aliphatic carbocycles. The molecule has 0 fully saturated rings. The molecule has 5 nitrogen and oxygen atoms in total. The molecule has 0 atom stereocenters. The van der Waals surface area contributed by atoms with E-state index in [1.165, 1.54) is 0 Å². The Balaban J connectivity index is 2.18. The van der Waals surface area contributed by atoms with E-state index in [9.17, 15) is 9.59 Å². The Hall–Kier alpha value is -2.79. The van der Waals surface area contributed by atoms with Crippen LogP contribution in [0.4, 0.5) is 0 Å². The predicted molar refractivity (Wildman–Crippen MR) is 105 cm³/mol. The minimum Gasteiger partial charge on any atom is -0.462 e. The number of carbonyl (C=O) groups excluding carboxylic acids is 2. The first-order chi connectivity index (χ1) is 13.1. The number of para-hydroxylation sites is 1. The summed E-state index contributed by atoms with van der Waals surface area (Å²) in [6, 6.07) is 15.0. The van der Waals surface area contributed by atoms with E-state index < -0.39 is 11.9 Å². The molecule has 0 unspecified atom stereocenters.